The van der Waals surface area contributed by atoms with Crippen molar-refractivity contribution in [3.8, 4) is 0 Å². The van der Waals surface area contributed by atoms with Gasteiger partial charge in [0.25, 0.3) is 0 Å². The Balaban J connectivity index is 3.71. The van der Waals surface area contributed by atoms with Crippen molar-refractivity contribution in [2.45, 2.75) is 321 Å². The summed E-state index contributed by atoms with van der Waals surface area (Å²) in [4.78, 5) is 12.6. The minimum absolute atomic E-state index is 0.354. The Hall–Kier alpha value is -1.73. The van der Waals surface area contributed by atoms with Gasteiger partial charge in [-0.1, -0.05) is 255 Å². The average molecular weight is 929 g/mol. The molecule has 0 aromatic carbocycles. The van der Waals surface area contributed by atoms with Crippen LogP contribution in [0.15, 0.2) is 48.6 Å². The molecule has 0 aromatic rings. The molecule has 0 fully saturated rings. The average Bonchev–Trinajstić information content (AvgIpc) is 3.32. The summed E-state index contributed by atoms with van der Waals surface area (Å²) >= 11 is 0. The molecule has 4 unspecified atom stereocenters. The second-order valence-electron chi connectivity index (χ2n) is 20.0. The molecule has 0 saturated carbocycles. The topological polar surface area (TPSA) is 110 Å². The highest BCUT2D eigenvalue weighted by atomic mass is 16.3. The first kappa shape index (κ1) is 64.3. The Bertz CT molecular complexity index is 1090. The predicted octanol–water partition coefficient (Wildman–Crippen LogP) is 17.0. The molecule has 0 rings (SSSR count). The van der Waals surface area contributed by atoms with Crippen LogP contribution in [0.3, 0.4) is 0 Å². The van der Waals surface area contributed by atoms with Gasteiger partial charge in [-0.2, -0.15) is 0 Å². The van der Waals surface area contributed by atoms with E-state index >= 15 is 0 Å². The molecule has 0 aromatic heterocycles. The van der Waals surface area contributed by atoms with Crippen molar-refractivity contribution in [3.63, 3.8) is 0 Å². The number of hydrogen-bond acceptors (Lipinski definition) is 5. The number of aliphatic hydroxyl groups is 4. The van der Waals surface area contributed by atoms with Gasteiger partial charge < -0.3 is 25.7 Å². The fourth-order valence-electron chi connectivity index (χ4n) is 8.90. The van der Waals surface area contributed by atoms with E-state index in [2.05, 4.69) is 67.8 Å². The van der Waals surface area contributed by atoms with Crippen LogP contribution in [0.4, 0.5) is 0 Å². The van der Waals surface area contributed by atoms with E-state index in [0.29, 0.717) is 19.3 Å². The third-order valence-electron chi connectivity index (χ3n) is 13.5. The molecule has 0 saturated heterocycles. The highest BCUT2D eigenvalue weighted by Crippen LogP contribution is 2.17. The molecule has 5 N–H and O–H groups in total. The number of rotatable bonds is 53. The van der Waals surface area contributed by atoms with Crippen LogP contribution < -0.4 is 5.32 Å². The molecule has 0 aliphatic heterocycles. The smallest absolute Gasteiger partial charge is 0.249 e. The van der Waals surface area contributed by atoms with E-state index in [0.717, 1.165) is 51.4 Å². The van der Waals surface area contributed by atoms with Gasteiger partial charge in [-0.25, -0.2) is 0 Å². The standard InChI is InChI=1S/C60H113NO5/c1-3-5-7-9-11-13-15-17-19-21-23-25-27-29-30-32-33-35-37-39-41-43-45-47-49-51-53-57(63)59(65)56(55-62)61-60(66)58(64)54-52-50-48-46-44-42-40-38-36-34-31-28-26-24-22-20-18-16-14-12-10-8-6-4-2/h30-32,34,37,39,45,47,56-59,62-65H,3-29,33,35-36,38,40-44,46,48-55H2,1-2H3,(H,61,66)/b32-30+,34-31-,39-37+,47-45+. The van der Waals surface area contributed by atoms with Crippen LogP contribution in [0, 0.1) is 0 Å². The van der Waals surface area contributed by atoms with Crippen molar-refractivity contribution in [2.24, 2.45) is 0 Å². The van der Waals surface area contributed by atoms with Gasteiger partial charge in [0, 0.05) is 0 Å². The summed E-state index contributed by atoms with van der Waals surface area (Å²) in [5.41, 5.74) is 0. The Kier molecular flexibility index (Phi) is 52.8. The molecule has 1 amide bonds. The summed E-state index contributed by atoms with van der Waals surface area (Å²) in [6.07, 6.45) is 69.0. The second kappa shape index (κ2) is 54.2. The number of carbonyl (C=O) groups excluding carboxylic acids is 1. The molecule has 0 aliphatic rings. The molecule has 0 spiro atoms. The summed E-state index contributed by atoms with van der Waals surface area (Å²) in [5, 5.41) is 44.0. The van der Waals surface area contributed by atoms with E-state index < -0.39 is 36.9 Å². The number of unbranched alkanes of at least 4 members (excludes halogenated alkanes) is 36. The largest absolute Gasteiger partial charge is 0.394 e. The maximum absolute atomic E-state index is 12.6. The van der Waals surface area contributed by atoms with Crippen LogP contribution in [0.2, 0.25) is 0 Å². The van der Waals surface area contributed by atoms with Crippen molar-refractivity contribution < 1.29 is 25.2 Å². The minimum atomic E-state index is -1.30. The van der Waals surface area contributed by atoms with Gasteiger partial charge >= 0.3 is 0 Å². The Morgan fingerprint density at radius 2 is 0.636 bits per heavy atom. The fourth-order valence-corrected chi connectivity index (χ4v) is 8.90. The van der Waals surface area contributed by atoms with E-state index in [1.54, 1.807) is 0 Å². The molecular formula is C60H113NO5. The Morgan fingerprint density at radius 3 is 0.955 bits per heavy atom. The highest BCUT2D eigenvalue weighted by molar-refractivity contribution is 5.80. The molecule has 0 heterocycles. The van der Waals surface area contributed by atoms with Crippen LogP contribution >= 0.6 is 0 Å². The summed E-state index contributed by atoms with van der Waals surface area (Å²) in [7, 11) is 0. The summed E-state index contributed by atoms with van der Waals surface area (Å²) < 4.78 is 0. The first-order valence-electron chi connectivity index (χ1n) is 29.0. The first-order valence-corrected chi connectivity index (χ1v) is 29.0. The lowest BCUT2D eigenvalue weighted by Gasteiger charge is -2.27. The third kappa shape index (κ3) is 47.3. The van der Waals surface area contributed by atoms with Crippen LogP contribution in [-0.2, 0) is 4.79 Å². The van der Waals surface area contributed by atoms with Crippen LogP contribution in [-0.4, -0.2) is 57.3 Å². The molecule has 0 bridgehead atoms. The van der Waals surface area contributed by atoms with Gasteiger partial charge in [-0.05, 0) is 89.9 Å². The molecule has 4 atom stereocenters. The van der Waals surface area contributed by atoms with Crippen molar-refractivity contribution >= 4 is 5.91 Å². The minimum Gasteiger partial charge on any atom is -0.394 e. The van der Waals surface area contributed by atoms with E-state index in [4.69, 9.17) is 0 Å². The normalized spacial score (nSPS) is 14.1. The lowest BCUT2D eigenvalue weighted by molar-refractivity contribution is -0.132. The van der Waals surface area contributed by atoms with E-state index in [1.165, 1.54) is 212 Å². The van der Waals surface area contributed by atoms with Crippen molar-refractivity contribution in [1.82, 2.24) is 5.32 Å². The van der Waals surface area contributed by atoms with Gasteiger partial charge in [-0.3, -0.25) is 4.79 Å². The lowest BCUT2D eigenvalue weighted by Crippen LogP contribution is -2.53. The lowest BCUT2D eigenvalue weighted by atomic mass is 10.00. The maximum atomic E-state index is 12.6. The highest BCUT2D eigenvalue weighted by Gasteiger charge is 2.28. The molecular weight excluding hydrogens is 815 g/mol. The molecule has 6 heteroatoms. The maximum Gasteiger partial charge on any atom is 0.249 e. The third-order valence-corrected chi connectivity index (χ3v) is 13.5. The van der Waals surface area contributed by atoms with Gasteiger partial charge in [0.2, 0.25) is 5.91 Å². The van der Waals surface area contributed by atoms with E-state index in [1.807, 2.05) is 0 Å². The molecule has 66 heavy (non-hydrogen) atoms. The second-order valence-corrected chi connectivity index (χ2v) is 20.0. The number of amides is 1. The zero-order chi connectivity index (χ0) is 48.1. The van der Waals surface area contributed by atoms with Crippen molar-refractivity contribution in [1.29, 1.82) is 0 Å². The van der Waals surface area contributed by atoms with Gasteiger partial charge in [0.1, 0.15) is 12.2 Å². The van der Waals surface area contributed by atoms with E-state index in [9.17, 15) is 25.2 Å². The Morgan fingerprint density at radius 1 is 0.364 bits per heavy atom. The van der Waals surface area contributed by atoms with Gasteiger partial charge in [-0.15, -0.1) is 0 Å². The zero-order valence-corrected chi connectivity index (χ0v) is 43.9. The number of nitrogens with one attached hydrogen (secondary N) is 1. The Labute approximate surface area is 410 Å². The summed E-state index contributed by atoms with van der Waals surface area (Å²) in [5.74, 6) is -0.600. The van der Waals surface area contributed by atoms with E-state index in [-0.39, 0.29) is 0 Å². The van der Waals surface area contributed by atoms with Crippen LogP contribution in [0.25, 0.3) is 0 Å². The molecule has 0 aliphatic carbocycles. The number of carbonyl (C=O) groups is 1. The first-order chi connectivity index (χ1) is 32.5. The molecule has 388 valence electrons. The number of hydrogen-bond donors (Lipinski definition) is 5. The number of aliphatic hydroxyl groups excluding tert-OH is 4. The fraction of sp³-hybridized carbons (Fsp3) is 0.850. The van der Waals surface area contributed by atoms with Gasteiger partial charge in [0.15, 0.2) is 0 Å². The predicted molar refractivity (Wildman–Crippen MR) is 288 cm³/mol. The van der Waals surface area contributed by atoms with Gasteiger partial charge in [0.05, 0.1) is 18.8 Å². The van der Waals surface area contributed by atoms with Crippen LogP contribution in [0.5, 0.6) is 0 Å². The summed E-state index contributed by atoms with van der Waals surface area (Å²) in [6.45, 7) is 4.07. The SMILES string of the molecule is CCCCCCCCCCCCCC/C=C\CCCCCCCCCCC(O)C(=O)NC(CO)C(O)C(O)CCC/C=C/CC/C=C/CC/C=C/CCCCCCCCCCCCCCC. The molecule has 6 nitrogen and oxygen atoms in total. The van der Waals surface area contributed by atoms with Crippen LogP contribution in [0.1, 0.15) is 296 Å². The van der Waals surface area contributed by atoms with Crippen molar-refractivity contribution in [2.75, 3.05) is 6.61 Å². The monoisotopic (exact) mass is 928 g/mol. The summed E-state index contributed by atoms with van der Waals surface area (Å²) in [6, 6.07) is -1.02. The molecule has 0 radical (unpaired) electrons. The zero-order valence-electron chi connectivity index (χ0n) is 43.9. The van der Waals surface area contributed by atoms with Crippen molar-refractivity contribution in [3.05, 3.63) is 48.6 Å². The quantitative estimate of drug-likeness (QED) is 0.0308. The number of allylic oxidation sites excluding steroid dienone is 8.